The smallest absolute Gasteiger partial charge is 0.329 e. The molecule has 1 fully saturated rings. The van der Waals surface area contributed by atoms with Gasteiger partial charge in [-0.1, -0.05) is 12.1 Å². The summed E-state index contributed by atoms with van der Waals surface area (Å²) >= 11 is 0. The van der Waals surface area contributed by atoms with Crippen LogP contribution in [0.25, 0.3) is 5.65 Å². The molecule has 0 bridgehead atoms. The fourth-order valence-electron chi connectivity index (χ4n) is 4.86. The van der Waals surface area contributed by atoms with E-state index in [-0.39, 0.29) is 24.3 Å². The second-order valence-electron chi connectivity index (χ2n) is 9.40. The zero-order valence-electron chi connectivity index (χ0n) is 21.7. The summed E-state index contributed by atoms with van der Waals surface area (Å²) < 4.78 is 35.1. The highest BCUT2D eigenvalue weighted by Crippen LogP contribution is 2.37. The van der Waals surface area contributed by atoms with E-state index in [4.69, 9.17) is 4.74 Å². The zero-order valence-corrected chi connectivity index (χ0v) is 21.7. The van der Waals surface area contributed by atoms with E-state index in [2.05, 4.69) is 20.7 Å². The molecule has 0 spiro atoms. The molecule has 2 atom stereocenters. The first-order chi connectivity index (χ1) is 19.3. The zero-order chi connectivity index (χ0) is 28.2. The molecule has 0 radical (unpaired) electrons. The summed E-state index contributed by atoms with van der Waals surface area (Å²) in [5.41, 5.74) is 1.61. The lowest BCUT2D eigenvalue weighted by molar-refractivity contribution is -0.145. The first-order valence-electron chi connectivity index (χ1n) is 12.9. The third-order valence-electron chi connectivity index (χ3n) is 6.72. The molecule has 1 unspecified atom stereocenters. The van der Waals surface area contributed by atoms with Crippen LogP contribution in [0.3, 0.4) is 0 Å². The van der Waals surface area contributed by atoms with Gasteiger partial charge in [0.2, 0.25) is 0 Å². The Bertz CT molecular complexity index is 1530. The molecule has 3 N–H and O–H groups in total. The number of amides is 2. The van der Waals surface area contributed by atoms with Crippen molar-refractivity contribution < 1.29 is 28.2 Å². The number of carbonyl (C=O) groups is 2. The number of nitrogens with one attached hydrogen (secondary N) is 2. The van der Waals surface area contributed by atoms with Gasteiger partial charge in [-0.05, 0) is 61.7 Å². The number of esters is 1. The second-order valence-corrected chi connectivity index (χ2v) is 9.40. The van der Waals surface area contributed by atoms with Crippen LogP contribution in [0.5, 0.6) is 5.75 Å². The highest BCUT2D eigenvalue weighted by atomic mass is 19.1. The Kier molecular flexibility index (Phi) is 7.76. The molecule has 5 rings (SSSR count). The molecule has 1 aliphatic rings. The fraction of sp³-hybridized carbons (Fsp3) is 0.286. The van der Waals surface area contributed by atoms with Gasteiger partial charge in [-0.3, -0.25) is 0 Å². The van der Waals surface area contributed by atoms with Gasteiger partial charge in [-0.25, -0.2) is 27.9 Å². The minimum atomic E-state index is -0.985. The minimum absolute atomic E-state index is 0.0865. The van der Waals surface area contributed by atoms with E-state index >= 15 is 0 Å². The number of ether oxygens (including phenoxy) is 1. The van der Waals surface area contributed by atoms with E-state index < -0.39 is 35.7 Å². The van der Waals surface area contributed by atoms with Gasteiger partial charge in [0, 0.05) is 24.7 Å². The molecular formula is C28H28F2N6O4. The van der Waals surface area contributed by atoms with Gasteiger partial charge in [-0.2, -0.15) is 5.10 Å². The van der Waals surface area contributed by atoms with E-state index in [1.807, 2.05) is 4.90 Å². The highest BCUT2D eigenvalue weighted by Gasteiger charge is 2.30. The van der Waals surface area contributed by atoms with Crippen LogP contribution in [-0.2, 0) is 16.0 Å². The van der Waals surface area contributed by atoms with Crippen molar-refractivity contribution in [2.24, 2.45) is 0 Å². The molecule has 0 saturated carbocycles. The van der Waals surface area contributed by atoms with Gasteiger partial charge in [0.15, 0.2) is 5.65 Å². The summed E-state index contributed by atoms with van der Waals surface area (Å²) in [6.07, 6.45) is 4.66. The summed E-state index contributed by atoms with van der Waals surface area (Å²) in [5.74, 6) is -0.976. The van der Waals surface area contributed by atoms with E-state index in [0.717, 1.165) is 18.6 Å². The van der Waals surface area contributed by atoms with Crippen LogP contribution in [-0.4, -0.2) is 50.9 Å². The Morgan fingerprint density at radius 2 is 1.98 bits per heavy atom. The topological polar surface area (TPSA) is 121 Å². The van der Waals surface area contributed by atoms with E-state index in [1.54, 1.807) is 31.3 Å². The van der Waals surface area contributed by atoms with Crippen LogP contribution < -0.4 is 15.5 Å². The number of phenols is 1. The Morgan fingerprint density at radius 1 is 1.18 bits per heavy atom. The van der Waals surface area contributed by atoms with Crippen molar-refractivity contribution in [3.05, 3.63) is 83.7 Å². The van der Waals surface area contributed by atoms with Crippen LogP contribution in [0.2, 0.25) is 0 Å². The number of anilines is 2. The molecule has 2 aromatic heterocycles. The molecule has 1 aliphatic heterocycles. The Morgan fingerprint density at radius 3 is 2.75 bits per heavy atom. The number of benzene rings is 2. The molecular weight excluding hydrogens is 522 g/mol. The number of urea groups is 1. The van der Waals surface area contributed by atoms with Gasteiger partial charge in [0.1, 0.15) is 34.9 Å². The molecule has 10 nitrogen and oxygen atoms in total. The average molecular weight is 551 g/mol. The normalized spacial score (nSPS) is 15.7. The summed E-state index contributed by atoms with van der Waals surface area (Å²) in [5, 5.41) is 19.1. The van der Waals surface area contributed by atoms with Crippen molar-refractivity contribution in [1.82, 2.24) is 19.9 Å². The maximum atomic E-state index is 14.6. The minimum Gasteiger partial charge on any atom is -0.508 e. The SMILES string of the molecule is CCOC(=O)C(Cc1ccc(O)cc1)NC(=O)Nc1cnn2ccc(N3CCC[C@@H]3c3cc(F)ccc3F)nc12. The largest absolute Gasteiger partial charge is 0.508 e. The van der Waals surface area contributed by atoms with Crippen LogP contribution in [0, 0.1) is 11.6 Å². The summed E-state index contributed by atoms with van der Waals surface area (Å²) in [7, 11) is 0. The van der Waals surface area contributed by atoms with Crippen molar-refractivity contribution in [2.75, 3.05) is 23.4 Å². The molecule has 4 aromatic rings. The number of hydrogen-bond donors (Lipinski definition) is 3. The third-order valence-corrected chi connectivity index (χ3v) is 6.72. The van der Waals surface area contributed by atoms with Crippen molar-refractivity contribution in [1.29, 1.82) is 0 Å². The number of aromatic hydroxyl groups is 1. The predicted molar refractivity (Wildman–Crippen MR) is 143 cm³/mol. The number of rotatable bonds is 8. The third kappa shape index (κ3) is 5.80. The van der Waals surface area contributed by atoms with Crippen LogP contribution in [0.1, 0.15) is 36.9 Å². The molecule has 12 heteroatoms. The standard InChI is InChI=1S/C28H28F2N6O4/c1-2-40-27(38)22(14-17-5-8-19(37)9-6-17)32-28(39)33-23-16-31-36-13-11-25(34-26(23)36)35-12-3-4-24(35)20-15-18(29)7-10-21(20)30/h5-11,13,15-16,22,24,37H,2-4,12,14H2,1H3,(H2,32,33,39)/t22?,24-/m1/s1. The van der Waals surface area contributed by atoms with E-state index in [9.17, 15) is 23.5 Å². The molecule has 0 aliphatic carbocycles. The molecule has 40 heavy (non-hydrogen) atoms. The van der Waals surface area contributed by atoms with Crippen LogP contribution in [0.4, 0.5) is 25.1 Å². The van der Waals surface area contributed by atoms with E-state index in [0.29, 0.717) is 35.7 Å². The number of fused-ring (bicyclic) bond motifs is 1. The van der Waals surface area contributed by atoms with Gasteiger partial charge in [0.25, 0.3) is 0 Å². The number of carbonyl (C=O) groups excluding carboxylic acids is 2. The second kappa shape index (κ2) is 11.6. The molecule has 208 valence electrons. The van der Waals surface area contributed by atoms with Crippen LogP contribution in [0.15, 0.2) is 60.9 Å². The predicted octanol–water partition coefficient (Wildman–Crippen LogP) is 4.35. The van der Waals surface area contributed by atoms with Crippen molar-refractivity contribution in [3.8, 4) is 5.75 Å². The first kappa shape index (κ1) is 26.9. The van der Waals surface area contributed by atoms with Gasteiger partial charge < -0.3 is 25.4 Å². The van der Waals surface area contributed by atoms with Gasteiger partial charge in [0.05, 0.1) is 18.8 Å². The van der Waals surface area contributed by atoms with Crippen molar-refractivity contribution in [3.63, 3.8) is 0 Å². The summed E-state index contributed by atoms with van der Waals surface area (Å²) in [4.78, 5) is 32.1. The van der Waals surface area contributed by atoms with Crippen molar-refractivity contribution in [2.45, 2.75) is 38.3 Å². The van der Waals surface area contributed by atoms with Gasteiger partial charge in [-0.15, -0.1) is 0 Å². The summed E-state index contributed by atoms with van der Waals surface area (Å²) in [6, 6.07) is 9.41. The Labute approximate surface area is 228 Å². The number of halogens is 2. The molecule has 1 saturated heterocycles. The number of nitrogens with zero attached hydrogens (tertiary/aromatic N) is 4. The Balaban J connectivity index is 1.35. The molecule has 3 heterocycles. The number of hydrogen-bond acceptors (Lipinski definition) is 7. The highest BCUT2D eigenvalue weighted by molar-refractivity contribution is 5.95. The van der Waals surface area contributed by atoms with E-state index in [1.165, 1.54) is 28.9 Å². The number of aromatic nitrogens is 3. The van der Waals surface area contributed by atoms with Crippen LogP contribution >= 0.6 is 0 Å². The maximum Gasteiger partial charge on any atom is 0.329 e. The quantitative estimate of drug-likeness (QED) is 0.279. The lowest BCUT2D eigenvalue weighted by Crippen LogP contribution is -2.45. The summed E-state index contributed by atoms with van der Waals surface area (Å²) in [6.45, 7) is 2.41. The monoisotopic (exact) mass is 550 g/mol. The van der Waals surface area contributed by atoms with Gasteiger partial charge >= 0.3 is 12.0 Å². The average Bonchev–Trinajstić information content (AvgIpc) is 3.58. The Hall–Kier alpha value is -4.74. The molecule has 2 amide bonds. The lowest BCUT2D eigenvalue weighted by atomic mass is 10.0. The molecule has 2 aromatic carbocycles. The maximum absolute atomic E-state index is 14.6. The fourth-order valence-corrected chi connectivity index (χ4v) is 4.86. The first-order valence-corrected chi connectivity index (χ1v) is 12.9. The lowest BCUT2D eigenvalue weighted by Gasteiger charge is -2.26. The van der Waals surface area contributed by atoms with Crippen molar-refractivity contribution >= 4 is 29.2 Å². The number of phenolic OH excluding ortho intramolecular Hbond substituents is 1.